The number of esters is 1. The van der Waals surface area contributed by atoms with E-state index in [-0.39, 0.29) is 5.57 Å². The average Bonchev–Trinajstić information content (AvgIpc) is 2.10. The molecule has 0 aromatic heterocycles. The van der Waals surface area contributed by atoms with Gasteiger partial charge in [-0.25, -0.2) is 9.59 Å². The van der Waals surface area contributed by atoms with Gasteiger partial charge in [0.2, 0.25) is 0 Å². The highest BCUT2D eigenvalue weighted by atomic mass is 16.6. The molecule has 0 aliphatic carbocycles. The minimum Gasteiger partial charge on any atom is -0.479 e. The summed E-state index contributed by atoms with van der Waals surface area (Å²) in [4.78, 5) is 21.7. The Balaban J connectivity index is 4.16. The highest BCUT2D eigenvalue weighted by Crippen LogP contribution is 2.07. The number of carbonyl (C=O) groups excluding carboxylic acids is 1. The number of hydrogen-bond donors (Lipinski definition) is 1. The van der Waals surface area contributed by atoms with E-state index in [2.05, 4.69) is 6.58 Å². The molecule has 0 bridgehead atoms. The summed E-state index contributed by atoms with van der Waals surface area (Å²) in [7, 11) is 0. The van der Waals surface area contributed by atoms with Crippen molar-refractivity contribution in [1.82, 2.24) is 0 Å². The molecule has 1 N–H and O–H groups in total. The standard InChI is InChI=1S/C10H16O4/c1-4-5-6-8(9(11)12)14-10(13)7(2)3/h8H,2,4-6H2,1,3H3,(H,11,12). The second-order valence-corrected chi connectivity index (χ2v) is 3.15. The maximum Gasteiger partial charge on any atom is 0.345 e. The minimum absolute atomic E-state index is 0.216. The maximum atomic E-state index is 11.0. The highest BCUT2D eigenvalue weighted by Gasteiger charge is 2.21. The molecule has 0 amide bonds. The van der Waals surface area contributed by atoms with Crippen LogP contribution in [-0.2, 0) is 14.3 Å². The van der Waals surface area contributed by atoms with Crippen LogP contribution in [0, 0.1) is 0 Å². The topological polar surface area (TPSA) is 63.6 Å². The highest BCUT2D eigenvalue weighted by molar-refractivity contribution is 5.89. The zero-order valence-electron chi connectivity index (χ0n) is 8.58. The first-order chi connectivity index (χ1) is 6.49. The summed E-state index contributed by atoms with van der Waals surface area (Å²) in [5, 5.41) is 8.72. The van der Waals surface area contributed by atoms with Crippen molar-refractivity contribution in [3.63, 3.8) is 0 Å². The SMILES string of the molecule is C=C(C)C(=O)OC(CCCC)C(=O)O. The number of carboxylic acids is 1. The van der Waals surface area contributed by atoms with Crippen molar-refractivity contribution < 1.29 is 19.4 Å². The summed E-state index contributed by atoms with van der Waals surface area (Å²) in [5.41, 5.74) is 0.216. The lowest BCUT2D eigenvalue weighted by Gasteiger charge is -2.12. The van der Waals surface area contributed by atoms with E-state index in [9.17, 15) is 9.59 Å². The largest absolute Gasteiger partial charge is 0.479 e. The molecule has 14 heavy (non-hydrogen) atoms. The van der Waals surface area contributed by atoms with Crippen LogP contribution < -0.4 is 0 Å². The van der Waals surface area contributed by atoms with E-state index < -0.39 is 18.0 Å². The molecule has 0 aromatic carbocycles. The Morgan fingerprint density at radius 3 is 2.43 bits per heavy atom. The monoisotopic (exact) mass is 200 g/mol. The minimum atomic E-state index is -1.10. The molecule has 0 spiro atoms. The Morgan fingerprint density at radius 2 is 2.07 bits per heavy atom. The quantitative estimate of drug-likeness (QED) is 0.524. The van der Waals surface area contributed by atoms with Gasteiger partial charge in [-0.2, -0.15) is 0 Å². The van der Waals surface area contributed by atoms with E-state index in [0.29, 0.717) is 6.42 Å². The molecule has 80 valence electrons. The summed E-state index contributed by atoms with van der Waals surface area (Å²) < 4.78 is 4.74. The predicted octanol–water partition coefficient (Wildman–Crippen LogP) is 1.75. The Hall–Kier alpha value is -1.32. The Bertz CT molecular complexity index is 232. The normalized spacial score (nSPS) is 11.9. The Kier molecular flexibility index (Phi) is 5.60. The lowest BCUT2D eigenvalue weighted by Crippen LogP contribution is -2.27. The maximum absolute atomic E-state index is 11.0. The van der Waals surface area contributed by atoms with Crippen LogP contribution in [0.15, 0.2) is 12.2 Å². The third-order valence-corrected chi connectivity index (χ3v) is 1.69. The third-order valence-electron chi connectivity index (χ3n) is 1.69. The van der Waals surface area contributed by atoms with E-state index in [0.717, 1.165) is 12.8 Å². The van der Waals surface area contributed by atoms with Crippen LogP contribution >= 0.6 is 0 Å². The Morgan fingerprint density at radius 1 is 1.50 bits per heavy atom. The molecule has 0 aromatic rings. The van der Waals surface area contributed by atoms with Gasteiger partial charge in [0.25, 0.3) is 0 Å². The predicted molar refractivity (Wildman–Crippen MR) is 51.9 cm³/mol. The lowest BCUT2D eigenvalue weighted by molar-refractivity contribution is -0.161. The van der Waals surface area contributed by atoms with E-state index >= 15 is 0 Å². The molecule has 0 saturated heterocycles. The van der Waals surface area contributed by atoms with Gasteiger partial charge in [0, 0.05) is 5.57 Å². The zero-order chi connectivity index (χ0) is 11.1. The number of carbonyl (C=O) groups is 2. The van der Waals surface area contributed by atoms with Crippen molar-refractivity contribution in [2.75, 3.05) is 0 Å². The number of rotatable bonds is 6. The van der Waals surface area contributed by atoms with Crippen LogP contribution in [0.1, 0.15) is 33.1 Å². The summed E-state index contributed by atoms with van der Waals surface area (Å²) in [6.45, 7) is 6.81. The van der Waals surface area contributed by atoms with Gasteiger partial charge in [-0.05, 0) is 19.8 Å². The first-order valence-corrected chi connectivity index (χ1v) is 4.58. The van der Waals surface area contributed by atoms with Gasteiger partial charge >= 0.3 is 11.9 Å². The number of carboxylic acid groups (broad SMARTS) is 1. The second-order valence-electron chi connectivity index (χ2n) is 3.15. The number of hydrogen-bond acceptors (Lipinski definition) is 3. The van der Waals surface area contributed by atoms with Crippen molar-refractivity contribution >= 4 is 11.9 Å². The van der Waals surface area contributed by atoms with Crippen LogP contribution in [0.25, 0.3) is 0 Å². The molecule has 1 atom stereocenters. The van der Waals surface area contributed by atoms with Gasteiger partial charge in [0.05, 0.1) is 0 Å². The summed E-state index contributed by atoms with van der Waals surface area (Å²) in [6, 6.07) is 0. The van der Waals surface area contributed by atoms with Gasteiger partial charge in [-0.3, -0.25) is 0 Å². The van der Waals surface area contributed by atoms with Crippen LogP contribution in [-0.4, -0.2) is 23.1 Å². The molecule has 0 saturated carbocycles. The number of aliphatic carboxylic acids is 1. The van der Waals surface area contributed by atoms with Gasteiger partial charge < -0.3 is 9.84 Å². The van der Waals surface area contributed by atoms with Crippen molar-refractivity contribution in [2.24, 2.45) is 0 Å². The number of unbranched alkanes of at least 4 members (excludes halogenated alkanes) is 1. The molecule has 1 unspecified atom stereocenters. The Labute approximate surface area is 83.6 Å². The van der Waals surface area contributed by atoms with Gasteiger partial charge in [0.1, 0.15) is 0 Å². The van der Waals surface area contributed by atoms with Gasteiger partial charge in [-0.1, -0.05) is 19.9 Å². The average molecular weight is 200 g/mol. The number of ether oxygens (including phenoxy) is 1. The van der Waals surface area contributed by atoms with Crippen LogP contribution in [0.2, 0.25) is 0 Å². The van der Waals surface area contributed by atoms with E-state index in [4.69, 9.17) is 9.84 Å². The van der Waals surface area contributed by atoms with Gasteiger partial charge in [0.15, 0.2) is 6.10 Å². The van der Waals surface area contributed by atoms with Crippen molar-refractivity contribution in [3.8, 4) is 0 Å². The van der Waals surface area contributed by atoms with Crippen molar-refractivity contribution in [1.29, 1.82) is 0 Å². The van der Waals surface area contributed by atoms with Crippen LogP contribution in [0.4, 0.5) is 0 Å². The molecule has 0 aliphatic heterocycles. The smallest absolute Gasteiger partial charge is 0.345 e. The molecular formula is C10H16O4. The molecule has 0 radical (unpaired) electrons. The van der Waals surface area contributed by atoms with Crippen LogP contribution in [0.3, 0.4) is 0 Å². The molecule has 4 heteroatoms. The van der Waals surface area contributed by atoms with Crippen molar-refractivity contribution in [2.45, 2.75) is 39.2 Å². The first kappa shape index (κ1) is 12.7. The molecule has 0 aliphatic rings. The van der Waals surface area contributed by atoms with Gasteiger partial charge in [-0.15, -0.1) is 0 Å². The fraction of sp³-hybridized carbons (Fsp3) is 0.600. The summed E-state index contributed by atoms with van der Waals surface area (Å²) in [6.07, 6.45) is 0.902. The van der Waals surface area contributed by atoms with E-state index in [1.807, 2.05) is 6.92 Å². The summed E-state index contributed by atoms with van der Waals surface area (Å²) >= 11 is 0. The fourth-order valence-electron chi connectivity index (χ4n) is 0.852. The first-order valence-electron chi connectivity index (χ1n) is 4.58. The summed E-state index contributed by atoms with van der Waals surface area (Å²) in [5.74, 6) is -1.75. The lowest BCUT2D eigenvalue weighted by atomic mass is 10.1. The fourth-order valence-corrected chi connectivity index (χ4v) is 0.852. The third kappa shape index (κ3) is 4.64. The molecule has 0 heterocycles. The second kappa shape index (κ2) is 6.18. The van der Waals surface area contributed by atoms with E-state index in [1.54, 1.807) is 0 Å². The molecule has 0 fully saturated rings. The van der Waals surface area contributed by atoms with Crippen molar-refractivity contribution in [3.05, 3.63) is 12.2 Å². The van der Waals surface area contributed by atoms with Crippen LogP contribution in [0.5, 0.6) is 0 Å². The zero-order valence-corrected chi connectivity index (χ0v) is 8.58. The molecule has 4 nitrogen and oxygen atoms in total. The molecule has 0 rings (SSSR count). The molecular weight excluding hydrogens is 184 g/mol. The van der Waals surface area contributed by atoms with E-state index in [1.165, 1.54) is 6.92 Å².